The molecular formula is C18H20N4S. The molecule has 5 heteroatoms. The third-order valence-electron chi connectivity index (χ3n) is 4.22. The quantitative estimate of drug-likeness (QED) is 0.519. The van der Waals surface area contributed by atoms with E-state index in [0.29, 0.717) is 11.7 Å². The maximum absolute atomic E-state index is 7.77. The number of thiophene rings is 1. The molecule has 0 unspecified atom stereocenters. The van der Waals surface area contributed by atoms with Crippen LogP contribution in [0.1, 0.15) is 13.8 Å². The summed E-state index contributed by atoms with van der Waals surface area (Å²) >= 11 is 1.75. The molecule has 118 valence electrons. The van der Waals surface area contributed by atoms with Crippen LogP contribution < -0.4 is 9.80 Å². The van der Waals surface area contributed by atoms with Crippen molar-refractivity contribution in [2.24, 2.45) is 0 Å². The highest BCUT2D eigenvalue weighted by Crippen LogP contribution is 2.37. The number of nitrogens with one attached hydrogen (secondary N) is 2. The third-order valence-corrected chi connectivity index (χ3v) is 5.34. The van der Waals surface area contributed by atoms with Crippen molar-refractivity contribution in [3.8, 4) is 0 Å². The lowest BCUT2D eigenvalue weighted by Gasteiger charge is -2.17. The molecule has 23 heavy (non-hydrogen) atoms. The Morgan fingerprint density at radius 1 is 0.783 bits per heavy atom. The maximum Gasteiger partial charge on any atom is 0.0968 e. The summed E-state index contributed by atoms with van der Waals surface area (Å²) in [6.45, 7) is 3.58. The van der Waals surface area contributed by atoms with E-state index in [1.807, 2.05) is 23.9 Å². The van der Waals surface area contributed by atoms with Crippen LogP contribution in [0, 0.1) is 10.8 Å². The zero-order valence-corrected chi connectivity index (χ0v) is 14.6. The van der Waals surface area contributed by atoms with Crippen molar-refractivity contribution in [2.75, 3.05) is 23.9 Å². The van der Waals surface area contributed by atoms with E-state index in [4.69, 9.17) is 10.8 Å². The van der Waals surface area contributed by atoms with Gasteiger partial charge in [-0.1, -0.05) is 12.1 Å². The van der Waals surface area contributed by atoms with Gasteiger partial charge in [0.2, 0.25) is 0 Å². The topological polar surface area (TPSA) is 54.2 Å². The molecule has 0 radical (unpaired) electrons. The van der Waals surface area contributed by atoms with Gasteiger partial charge < -0.3 is 9.80 Å². The molecule has 3 rings (SSSR count). The second-order valence-electron chi connectivity index (χ2n) is 5.75. The SMILES string of the molecule is CC(=N)N(C)c1ccc2c(c1)sc1cc(N(C)C(C)=N)ccc12. The summed E-state index contributed by atoms with van der Waals surface area (Å²) in [4.78, 5) is 3.75. The van der Waals surface area contributed by atoms with Gasteiger partial charge in [0.05, 0.1) is 11.7 Å². The molecule has 0 aliphatic heterocycles. The Morgan fingerprint density at radius 3 is 1.52 bits per heavy atom. The molecule has 1 aromatic heterocycles. The smallest absolute Gasteiger partial charge is 0.0968 e. The summed E-state index contributed by atoms with van der Waals surface area (Å²) in [7, 11) is 3.83. The van der Waals surface area contributed by atoms with E-state index >= 15 is 0 Å². The van der Waals surface area contributed by atoms with Gasteiger partial charge in [-0.25, -0.2) is 0 Å². The standard InChI is InChI=1S/C18H20N4S/c1-11(19)21(3)13-5-7-15-16-8-6-14(22(4)12(2)20)10-18(16)23-17(15)9-13/h5-10,19-20H,1-4H3. The molecule has 0 bridgehead atoms. The van der Waals surface area contributed by atoms with E-state index in [9.17, 15) is 0 Å². The average Bonchev–Trinajstić information content (AvgIpc) is 2.89. The summed E-state index contributed by atoms with van der Waals surface area (Å²) in [5, 5.41) is 18.0. The number of rotatable bonds is 2. The zero-order valence-electron chi connectivity index (χ0n) is 13.8. The third kappa shape index (κ3) is 2.68. The summed E-state index contributed by atoms with van der Waals surface area (Å²) in [6.07, 6.45) is 0. The molecule has 3 aromatic rings. The minimum atomic E-state index is 0.524. The lowest BCUT2D eigenvalue weighted by atomic mass is 10.1. The van der Waals surface area contributed by atoms with Crippen LogP contribution in [0.3, 0.4) is 0 Å². The number of hydrogen-bond donors (Lipinski definition) is 2. The first-order valence-electron chi connectivity index (χ1n) is 7.42. The van der Waals surface area contributed by atoms with Gasteiger partial charge in [0, 0.05) is 45.6 Å². The number of anilines is 2. The predicted molar refractivity (Wildman–Crippen MR) is 103 cm³/mol. The molecule has 2 aromatic carbocycles. The Balaban J connectivity index is 2.14. The van der Waals surface area contributed by atoms with E-state index in [2.05, 4.69) is 36.4 Å². The maximum atomic E-state index is 7.77. The molecule has 0 atom stereocenters. The Labute approximate surface area is 140 Å². The van der Waals surface area contributed by atoms with Crippen LogP contribution in [-0.4, -0.2) is 25.8 Å². The lowest BCUT2D eigenvalue weighted by molar-refractivity contribution is 1.22. The van der Waals surface area contributed by atoms with Crippen molar-refractivity contribution in [3.05, 3.63) is 36.4 Å². The molecule has 0 saturated heterocycles. The fourth-order valence-corrected chi connectivity index (χ4v) is 3.73. The predicted octanol–water partition coefficient (Wildman–Crippen LogP) is 4.92. The van der Waals surface area contributed by atoms with Crippen LogP contribution in [0.15, 0.2) is 36.4 Å². The Kier molecular flexibility index (Phi) is 3.82. The van der Waals surface area contributed by atoms with Crippen molar-refractivity contribution >= 4 is 54.6 Å². The van der Waals surface area contributed by atoms with E-state index in [0.717, 1.165) is 11.4 Å². The first kappa shape index (κ1) is 15.5. The molecule has 0 amide bonds. The minimum absolute atomic E-state index is 0.524. The molecular weight excluding hydrogens is 304 g/mol. The average molecular weight is 324 g/mol. The van der Waals surface area contributed by atoms with Crippen LogP contribution in [0.5, 0.6) is 0 Å². The monoisotopic (exact) mass is 324 g/mol. The first-order valence-corrected chi connectivity index (χ1v) is 8.24. The lowest BCUT2D eigenvalue weighted by Crippen LogP contribution is -2.21. The van der Waals surface area contributed by atoms with Crippen molar-refractivity contribution in [1.29, 1.82) is 10.8 Å². The van der Waals surface area contributed by atoms with Crippen LogP contribution in [0.2, 0.25) is 0 Å². The highest BCUT2D eigenvalue weighted by Gasteiger charge is 2.11. The van der Waals surface area contributed by atoms with Gasteiger partial charge in [0.1, 0.15) is 0 Å². The molecule has 1 heterocycles. The summed E-state index contributed by atoms with van der Waals surface area (Å²) in [5.41, 5.74) is 2.06. The number of amidine groups is 2. The second kappa shape index (κ2) is 5.66. The number of nitrogens with zero attached hydrogens (tertiary/aromatic N) is 2. The van der Waals surface area contributed by atoms with E-state index in [1.54, 1.807) is 25.2 Å². The van der Waals surface area contributed by atoms with Crippen LogP contribution >= 0.6 is 11.3 Å². The van der Waals surface area contributed by atoms with Gasteiger partial charge >= 0.3 is 0 Å². The largest absolute Gasteiger partial charge is 0.334 e. The zero-order chi connectivity index (χ0) is 16.7. The summed E-state index contributed by atoms with van der Waals surface area (Å²) in [6, 6.07) is 12.7. The molecule has 2 N–H and O–H groups in total. The van der Waals surface area contributed by atoms with E-state index in [-0.39, 0.29) is 0 Å². The van der Waals surface area contributed by atoms with Crippen LogP contribution in [0.25, 0.3) is 20.2 Å². The molecule has 0 spiro atoms. The first-order chi connectivity index (χ1) is 10.9. The molecule has 0 saturated carbocycles. The van der Waals surface area contributed by atoms with Gasteiger partial charge in [0.15, 0.2) is 0 Å². The Hall–Kier alpha value is -2.40. The summed E-state index contributed by atoms with van der Waals surface area (Å²) in [5.74, 6) is 1.05. The Bertz CT molecular complexity index is 851. The van der Waals surface area contributed by atoms with Crippen molar-refractivity contribution < 1.29 is 0 Å². The van der Waals surface area contributed by atoms with Crippen molar-refractivity contribution in [3.63, 3.8) is 0 Å². The molecule has 0 aliphatic carbocycles. The molecule has 0 fully saturated rings. The van der Waals surface area contributed by atoms with Crippen molar-refractivity contribution in [2.45, 2.75) is 13.8 Å². The van der Waals surface area contributed by atoms with Crippen molar-refractivity contribution in [1.82, 2.24) is 0 Å². The van der Waals surface area contributed by atoms with Gasteiger partial charge in [0.25, 0.3) is 0 Å². The fraction of sp³-hybridized carbons (Fsp3) is 0.222. The second-order valence-corrected chi connectivity index (χ2v) is 6.84. The minimum Gasteiger partial charge on any atom is -0.334 e. The van der Waals surface area contributed by atoms with Gasteiger partial charge in [-0.3, -0.25) is 10.8 Å². The normalized spacial score (nSPS) is 11.0. The number of benzene rings is 2. The van der Waals surface area contributed by atoms with E-state index in [1.165, 1.54) is 20.2 Å². The number of fused-ring (bicyclic) bond motifs is 3. The van der Waals surface area contributed by atoms with Gasteiger partial charge in [-0.05, 0) is 38.1 Å². The fourth-order valence-electron chi connectivity index (χ4n) is 2.56. The summed E-state index contributed by atoms with van der Waals surface area (Å²) < 4.78 is 2.44. The van der Waals surface area contributed by atoms with Gasteiger partial charge in [-0.2, -0.15) is 0 Å². The van der Waals surface area contributed by atoms with Gasteiger partial charge in [-0.15, -0.1) is 11.3 Å². The molecule has 4 nitrogen and oxygen atoms in total. The Morgan fingerprint density at radius 2 is 1.17 bits per heavy atom. The molecule has 0 aliphatic rings. The highest BCUT2D eigenvalue weighted by molar-refractivity contribution is 7.25. The van der Waals surface area contributed by atoms with Crippen LogP contribution in [0.4, 0.5) is 11.4 Å². The van der Waals surface area contributed by atoms with E-state index < -0.39 is 0 Å². The van der Waals surface area contributed by atoms with Crippen LogP contribution in [-0.2, 0) is 0 Å². The number of hydrogen-bond acceptors (Lipinski definition) is 3. The highest BCUT2D eigenvalue weighted by atomic mass is 32.1.